The van der Waals surface area contributed by atoms with Gasteiger partial charge in [0.25, 0.3) is 0 Å². The topological polar surface area (TPSA) is 52.6 Å². The predicted octanol–water partition coefficient (Wildman–Crippen LogP) is 3.17. The van der Waals surface area contributed by atoms with Crippen molar-refractivity contribution in [1.29, 1.82) is 0 Å². The van der Waals surface area contributed by atoms with Crippen LogP contribution in [0.4, 0.5) is 5.82 Å². The van der Waals surface area contributed by atoms with Crippen molar-refractivity contribution in [2.24, 2.45) is 4.99 Å². The Balaban J connectivity index is 1.51. The molecule has 3 rings (SSSR count). The van der Waals surface area contributed by atoms with E-state index in [0.29, 0.717) is 0 Å². The lowest BCUT2D eigenvalue weighted by Gasteiger charge is -2.17. The summed E-state index contributed by atoms with van der Waals surface area (Å²) in [6.45, 7) is 5.98. The fraction of sp³-hybridized carbons (Fsp3) is 0.474. The Morgan fingerprint density at radius 2 is 1.92 bits per heavy atom. The molecule has 0 aromatic carbocycles. The van der Waals surface area contributed by atoms with Crippen LogP contribution >= 0.6 is 11.3 Å². The zero-order chi connectivity index (χ0) is 17.5. The summed E-state index contributed by atoms with van der Waals surface area (Å²) >= 11 is 1.86. The molecular formula is C19H27N5S. The molecule has 3 heterocycles. The number of guanidine groups is 1. The first kappa shape index (κ1) is 17.7. The lowest BCUT2D eigenvalue weighted by molar-refractivity contribution is 0.813. The zero-order valence-electron chi connectivity index (χ0n) is 15.1. The van der Waals surface area contributed by atoms with Gasteiger partial charge in [0.05, 0.1) is 6.54 Å². The SMILES string of the molecule is CCc1ccc(CNC(=NC)NCc2ccnc(N3CCCC3)c2)s1. The van der Waals surface area contributed by atoms with E-state index in [1.165, 1.54) is 28.2 Å². The van der Waals surface area contributed by atoms with Gasteiger partial charge in [0, 0.05) is 42.6 Å². The van der Waals surface area contributed by atoms with E-state index in [0.717, 1.165) is 44.4 Å². The Labute approximate surface area is 154 Å². The highest BCUT2D eigenvalue weighted by molar-refractivity contribution is 7.11. The maximum atomic E-state index is 4.51. The fourth-order valence-corrected chi connectivity index (χ4v) is 3.87. The number of nitrogens with zero attached hydrogens (tertiary/aromatic N) is 3. The van der Waals surface area contributed by atoms with Gasteiger partial charge in [-0.1, -0.05) is 6.92 Å². The molecule has 1 aliphatic heterocycles. The quantitative estimate of drug-likeness (QED) is 0.616. The van der Waals surface area contributed by atoms with Gasteiger partial charge in [0.2, 0.25) is 0 Å². The van der Waals surface area contributed by atoms with Crippen LogP contribution in [0, 0.1) is 0 Å². The largest absolute Gasteiger partial charge is 0.357 e. The molecule has 0 bridgehead atoms. The van der Waals surface area contributed by atoms with Crippen molar-refractivity contribution in [3.05, 3.63) is 45.8 Å². The molecule has 0 saturated carbocycles. The van der Waals surface area contributed by atoms with Crippen molar-refractivity contribution >= 4 is 23.1 Å². The molecule has 2 aromatic rings. The molecule has 5 nitrogen and oxygen atoms in total. The van der Waals surface area contributed by atoms with Crippen molar-refractivity contribution in [2.45, 2.75) is 39.3 Å². The highest BCUT2D eigenvalue weighted by atomic mass is 32.1. The number of rotatable bonds is 6. The number of hydrogen-bond donors (Lipinski definition) is 2. The number of hydrogen-bond acceptors (Lipinski definition) is 4. The van der Waals surface area contributed by atoms with Crippen LogP contribution in [0.3, 0.4) is 0 Å². The van der Waals surface area contributed by atoms with Gasteiger partial charge < -0.3 is 15.5 Å². The smallest absolute Gasteiger partial charge is 0.191 e. The minimum Gasteiger partial charge on any atom is -0.357 e. The molecule has 0 unspecified atom stereocenters. The van der Waals surface area contributed by atoms with Gasteiger partial charge in [-0.2, -0.15) is 0 Å². The normalized spacial score (nSPS) is 14.8. The van der Waals surface area contributed by atoms with Gasteiger partial charge in [-0.05, 0) is 49.1 Å². The number of pyridine rings is 1. The molecule has 0 spiro atoms. The molecule has 1 fully saturated rings. The summed E-state index contributed by atoms with van der Waals surface area (Å²) < 4.78 is 0. The fourth-order valence-electron chi connectivity index (χ4n) is 2.97. The van der Waals surface area contributed by atoms with Gasteiger partial charge >= 0.3 is 0 Å². The highest BCUT2D eigenvalue weighted by Gasteiger charge is 2.13. The molecule has 25 heavy (non-hydrogen) atoms. The molecule has 0 atom stereocenters. The Kier molecular flexibility index (Phi) is 6.28. The lowest BCUT2D eigenvalue weighted by Crippen LogP contribution is -2.36. The van der Waals surface area contributed by atoms with Crippen LogP contribution in [0.15, 0.2) is 35.5 Å². The first-order valence-corrected chi connectivity index (χ1v) is 9.82. The zero-order valence-corrected chi connectivity index (χ0v) is 15.9. The second kappa shape index (κ2) is 8.85. The molecule has 0 radical (unpaired) electrons. The predicted molar refractivity (Wildman–Crippen MR) is 106 cm³/mol. The maximum Gasteiger partial charge on any atom is 0.191 e. The minimum absolute atomic E-state index is 0.744. The second-order valence-electron chi connectivity index (χ2n) is 6.22. The number of aryl methyl sites for hydroxylation is 1. The van der Waals surface area contributed by atoms with Gasteiger partial charge in [-0.3, -0.25) is 4.99 Å². The van der Waals surface area contributed by atoms with E-state index in [1.54, 1.807) is 0 Å². The molecule has 1 aliphatic rings. The van der Waals surface area contributed by atoms with Crippen molar-refractivity contribution in [3.63, 3.8) is 0 Å². The van der Waals surface area contributed by atoms with Crippen LogP contribution in [-0.4, -0.2) is 31.1 Å². The van der Waals surface area contributed by atoms with Crippen LogP contribution in [-0.2, 0) is 19.5 Å². The van der Waals surface area contributed by atoms with Crippen LogP contribution in [0.2, 0.25) is 0 Å². The minimum atomic E-state index is 0.744. The molecule has 1 saturated heterocycles. The molecule has 134 valence electrons. The van der Waals surface area contributed by atoms with Gasteiger partial charge in [0.1, 0.15) is 5.82 Å². The lowest BCUT2D eigenvalue weighted by atomic mass is 10.2. The number of thiophene rings is 1. The Morgan fingerprint density at radius 3 is 2.64 bits per heavy atom. The molecule has 2 aromatic heterocycles. The Bertz CT molecular complexity index is 703. The molecular weight excluding hydrogens is 330 g/mol. The summed E-state index contributed by atoms with van der Waals surface area (Å²) in [4.78, 5) is 13.9. The Hall–Kier alpha value is -2.08. The summed E-state index contributed by atoms with van der Waals surface area (Å²) in [7, 11) is 1.81. The van der Waals surface area contributed by atoms with Crippen molar-refractivity contribution in [1.82, 2.24) is 15.6 Å². The van der Waals surface area contributed by atoms with Gasteiger partial charge in [-0.15, -0.1) is 11.3 Å². The first-order valence-electron chi connectivity index (χ1n) is 9.00. The van der Waals surface area contributed by atoms with E-state index >= 15 is 0 Å². The maximum absolute atomic E-state index is 4.51. The van der Waals surface area contributed by atoms with Gasteiger partial charge in [-0.25, -0.2) is 4.98 Å². The van der Waals surface area contributed by atoms with Crippen LogP contribution in [0.5, 0.6) is 0 Å². The highest BCUT2D eigenvalue weighted by Crippen LogP contribution is 2.18. The van der Waals surface area contributed by atoms with Crippen LogP contribution in [0.25, 0.3) is 0 Å². The van der Waals surface area contributed by atoms with E-state index in [1.807, 2.05) is 24.6 Å². The van der Waals surface area contributed by atoms with E-state index in [4.69, 9.17) is 0 Å². The average Bonchev–Trinajstić information content (AvgIpc) is 3.34. The standard InChI is InChI=1S/C19H27N5S/c1-3-16-6-7-17(25-16)14-23-19(20-2)22-13-15-8-9-21-18(12-15)24-10-4-5-11-24/h6-9,12H,3-5,10-11,13-14H2,1-2H3,(H2,20,22,23). The molecule has 0 aliphatic carbocycles. The summed E-state index contributed by atoms with van der Waals surface area (Å²) in [5.74, 6) is 1.91. The van der Waals surface area contributed by atoms with E-state index in [9.17, 15) is 0 Å². The van der Waals surface area contributed by atoms with Crippen LogP contribution in [0.1, 0.15) is 35.1 Å². The molecule has 2 N–H and O–H groups in total. The number of nitrogens with one attached hydrogen (secondary N) is 2. The van der Waals surface area contributed by atoms with Crippen molar-refractivity contribution in [3.8, 4) is 0 Å². The van der Waals surface area contributed by atoms with Crippen LogP contribution < -0.4 is 15.5 Å². The van der Waals surface area contributed by atoms with E-state index in [2.05, 4.69) is 56.7 Å². The van der Waals surface area contributed by atoms with Crippen molar-refractivity contribution < 1.29 is 0 Å². The number of anilines is 1. The number of aliphatic imine (C=N–C) groups is 1. The third-order valence-electron chi connectivity index (χ3n) is 4.42. The van der Waals surface area contributed by atoms with E-state index in [-0.39, 0.29) is 0 Å². The second-order valence-corrected chi connectivity index (χ2v) is 7.47. The summed E-state index contributed by atoms with van der Waals surface area (Å²) in [6.07, 6.45) is 5.53. The summed E-state index contributed by atoms with van der Waals surface area (Å²) in [5.41, 5.74) is 1.23. The van der Waals surface area contributed by atoms with E-state index < -0.39 is 0 Å². The Morgan fingerprint density at radius 1 is 1.16 bits per heavy atom. The third kappa shape index (κ3) is 4.95. The monoisotopic (exact) mass is 357 g/mol. The summed E-state index contributed by atoms with van der Waals surface area (Å²) in [5, 5.41) is 6.78. The first-order chi connectivity index (χ1) is 12.3. The third-order valence-corrected chi connectivity index (χ3v) is 5.65. The molecule has 0 amide bonds. The average molecular weight is 358 g/mol. The van der Waals surface area contributed by atoms with Crippen molar-refractivity contribution in [2.75, 3.05) is 25.0 Å². The van der Waals surface area contributed by atoms with Gasteiger partial charge in [0.15, 0.2) is 5.96 Å². The number of aromatic nitrogens is 1. The summed E-state index contributed by atoms with van der Waals surface area (Å²) in [6, 6.07) is 8.63. The molecule has 6 heteroatoms.